The van der Waals surface area contributed by atoms with Crippen LogP contribution in [0, 0.1) is 11.8 Å². The third-order valence-corrected chi connectivity index (χ3v) is 8.41. The summed E-state index contributed by atoms with van der Waals surface area (Å²) in [4.78, 5) is 56.2. The van der Waals surface area contributed by atoms with Gasteiger partial charge in [0.1, 0.15) is 11.6 Å². The Morgan fingerprint density at radius 3 is 2.00 bits per heavy atom. The van der Waals surface area contributed by atoms with Gasteiger partial charge in [-0.3, -0.25) is 18.7 Å². The fraction of sp³-hybridized carbons (Fsp3) is 0.516. The summed E-state index contributed by atoms with van der Waals surface area (Å²) in [6.45, 7) is 2.35. The highest BCUT2D eigenvalue weighted by Gasteiger charge is 2.26. The fourth-order valence-corrected chi connectivity index (χ4v) is 6.38. The minimum atomic E-state index is -1.03. The Kier molecular flexibility index (Phi) is 8.47. The van der Waals surface area contributed by atoms with E-state index >= 15 is 0 Å². The molecule has 0 unspecified atom stereocenters. The number of carbonyl (C=O) groups excluding carboxylic acids is 1. The third-order valence-electron chi connectivity index (χ3n) is 8.41. The molecule has 0 atom stereocenters. The minimum Gasteiger partial charge on any atom is -0.478 e. The Labute approximate surface area is 233 Å². The van der Waals surface area contributed by atoms with Crippen LogP contribution in [0.3, 0.4) is 0 Å². The maximum atomic E-state index is 14.0. The molecule has 2 heterocycles. The fourth-order valence-electron chi connectivity index (χ4n) is 6.38. The summed E-state index contributed by atoms with van der Waals surface area (Å²) < 4.78 is 4.76. The Morgan fingerprint density at radius 2 is 1.45 bits per heavy atom. The number of carboxylic acid groups (broad SMARTS) is 1. The largest absolute Gasteiger partial charge is 0.478 e. The van der Waals surface area contributed by atoms with Crippen molar-refractivity contribution in [2.45, 2.75) is 90.8 Å². The number of nitrogens with zero attached hydrogens (tertiary/aromatic N) is 4. The molecule has 9 heteroatoms. The number of benzene rings is 1. The van der Waals surface area contributed by atoms with Crippen molar-refractivity contribution in [3.05, 3.63) is 56.7 Å². The minimum absolute atomic E-state index is 0.0349. The lowest BCUT2D eigenvalue weighted by molar-refractivity contribution is -0.131. The van der Waals surface area contributed by atoms with Gasteiger partial charge in [-0.2, -0.15) is 0 Å². The van der Waals surface area contributed by atoms with Gasteiger partial charge in [0.2, 0.25) is 0 Å². The van der Waals surface area contributed by atoms with Gasteiger partial charge in [-0.15, -0.1) is 0 Å². The molecule has 0 aliphatic heterocycles. The summed E-state index contributed by atoms with van der Waals surface area (Å²) in [5, 5.41) is 8.93. The first-order valence-corrected chi connectivity index (χ1v) is 14.6. The van der Waals surface area contributed by atoms with Crippen molar-refractivity contribution >= 4 is 29.0 Å². The van der Waals surface area contributed by atoms with E-state index in [4.69, 9.17) is 10.1 Å². The van der Waals surface area contributed by atoms with E-state index in [1.54, 1.807) is 33.4 Å². The van der Waals surface area contributed by atoms with Crippen LogP contribution in [0.25, 0.3) is 28.6 Å². The Hall–Kier alpha value is -3.75. The Balaban J connectivity index is 1.68. The number of carboxylic acids is 1. The van der Waals surface area contributed by atoms with E-state index < -0.39 is 5.97 Å². The number of fused-ring (bicyclic) bond motifs is 1. The highest BCUT2D eigenvalue weighted by Crippen LogP contribution is 2.28. The number of aromatic nitrogens is 4. The molecule has 1 N–H and O–H groups in total. The first-order chi connectivity index (χ1) is 19.3. The van der Waals surface area contributed by atoms with E-state index in [1.807, 2.05) is 0 Å². The van der Waals surface area contributed by atoms with Crippen LogP contribution in [0.15, 0.2) is 39.9 Å². The van der Waals surface area contributed by atoms with Gasteiger partial charge < -0.3 is 9.67 Å². The zero-order valence-corrected chi connectivity index (χ0v) is 23.2. The number of imidazole rings is 1. The summed E-state index contributed by atoms with van der Waals surface area (Å²) in [5.41, 5.74) is 1.33. The Bertz CT molecular complexity index is 1530. The van der Waals surface area contributed by atoms with Crippen LogP contribution < -0.4 is 11.2 Å². The molecule has 0 radical (unpaired) electrons. The van der Waals surface area contributed by atoms with Gasteiger partial charge in [-0.25, -0.2) is 14.6 Å². The molecule has 2 aliphatic rings. The summed E-state index contributed by atoms with van der Waals surface area (Å²) in [7, 11) is 0. The van der Waals surface area contributed by atoms with Gasteiger partial charge in [0, 0.05) is 24.7 Å². The zero-order chi connectivity index (χ0) is 28.2. The van der Waals surface area contributed by atoms with Crippen LogP contribution in [0.1, 0.15) is 76.7 Å². The average Bonchev–Trinajstić information content (AvgIpc) is 3.32. The molecular formula is C31H38N4O5. The molecule has 9 nitrogen and oxygen atoms in total. The van der Waals surface area contributed by atoms with Crippen molar-refractivity contribution in [1.82, 2.24) is 18.7 Å². The van der Waals surface area contributed by atoms with Crippen LogP contribution in [0.5, 0.6) is 0 Å². The molecule has 2 aromatic heterocycles. The summed E-state index contributed by atoms with van der Waals surface area (Å²) in [5.74, 6) is -0.0763. The molecule has 212 valence electrons. The van der Waals surface area contributed by atoms with E-state index in [0.717, 1.165) is 57.4 Å². The number of rotatable bonds is 9. The van der Waals surface area contributed by atoms with Crippen molar-refractivity contribution < 1.29 is 14.7 Å². The van der Waals surface area contributed by atoms with Crippen LogP contribution >= 0.6 is 0 Å². The maximum absolute atomic E-state index is 14.0. The molecule has 40 heavy (non-hydrogen) atoms. The van der Waals surface area contributed by atoms with E-state index in [0.29, 0.717) is 47.1 Å². The van der Waals surface area contributed by atoms with Crippen molar-refractivity contribution in [3.8, 4) is 11.4 Å². The van der Waals surface area contributed by atoms with Crippen molar-refractivity contribution in [3.63, 3.8) is 0 Å². The highest BCUT2D eigenvalue weighted by molar-refractivity contribution is 5.86. The summed E-state index contributed by atoms with van der Waals surface area (Å²) >= 11 is 0. The number of carbonyl (C=O) groups is 2. The molecule has 0 bridgehead atoms. The lowest BCUT2D eigenvalue weighted by atomic mass is 9.89. The van der Waals surface area contributed by atoms with Crippen LogP contribution in [-0.2, 0) is 29.2 Å². The van der Waals surface area contributed by atoms with Crippen LogP contribution in [0.2, 0.25) is 0 Å². The molecule has 0 amide bonds. The predicted molar refractivity (Wildman–Crippen MR) is 154 cm³/mol. The van der Waals surface area contributed by atoms with Crippen LogP contribution in [0.4, 0.5) is 0 Å². The van der Waals surface area contributed by atoms with Gasteiger partial charge in [0.15, 0.2) is 11.2 Å². The second kappa shape index (κ2) is 12.2. The van der Waals surface area contributed by atoms with Crippen LogP contribution in [-0.4, -0.2) is 35.5 Å². The highest BCUT2D eigenvalue weighted by atomic mass is 16.4. The third kappa shape index (κ3) is 6.03. The second-order valence-corrected chi connectivity index (χ2v) is 11.5. The second-order valence-electron chi connectivity index (χ2n) is 11.5. The topological polar surface area (TPSA) is 116 Å². The lowest BCUT2D eigenvalue weighted by Crippen LogP contribution is -2.43. The van der Waals surface area contributed by atoms with Gasteiger partial charge in [0.05, 0.1) is 6.54 Å². The van der Waals surface area contributed by atoms with E-state index in [2.05, 4.69) is 0 Å². The number of Topliss-reactive ketones (excluding diaryl/α,β-unsaturated/α-hetero) is 1. The molecular weight excluding hydrogens is 508 g/mol. The van der Waals surface area contributed by atoms with Gasteiger partial charge in [-0.05, 0) is 56.1 Å². The summed E-state index contributed by atoms with van der Waals surface area (Å²) in [6, 6.07) is 7.12. The number of hydrogen-bond acceptors (Lipinski definition) is 5. The van der Waals surface area contributed by atoms with Gasteiger partial charge >= 0.3 is 11.7 Å². The first kappa shape index (κ1) is 27.8. The Morgan fingerprint density at radius 1 is 0.875 bits per heavy atom. The molecule has 2 fully saturated rings. The smallest absolute Gasteiger partial charge is 0.332 e. The van der Waals surface area contributed by atoms with Gasteiger partial charge in [0.25, 0.3) is 5.56 Å². The molecule has 3 aromatic rings. The molecule has 0 saturated heterocycles. The lowest BCUT2D eigenvalue weighted by Gasteiger charge is -2.25. The van der Waals surface area contributed by atoms with E-state index in [1.165, 1.54) is 30.4 Å². The molecule has 2 aliphatic carbocycles. The molecule has 2 saturated carbocycles. The molecule has 1 aromatic carbocycles. The van der Waals surface area contributed by atoms with Crippen molar-refractivity contribution in [2.75, 3.05) is 0 Å². The molecule has 0 spiro atoms. The number of hydrogen-bond donors (Lipinski definition) is 1. The number of aliphatic carboxylic acids is 1. The average molecular weight is 547 g/mol. The molecule has 5 rings (SSSR count). The SMILES string of the molecule is CC(=O)Cn1c(-c2ccc(/C=C/C(=O)O)cc2)nc2c1c(=O)n(CC1CCCCC1)c(=O)n2CC1CCCCC1. The first-order valence-electron chi connectivity index (χ1n) is 14.6. The standard InChI is InChI=1S/C31H38N4O5/c1-21(36)18-33-27-29(32-28(33)25-15-12-22(13-16-25)14-17-26(37)38)34(19-23-8-4-2-5-9-23)31(40)35(30(27)39)20-24-10-6-3-7-11-24/h12-17,23-24H,2-11,18-20H2,1H3,(H,37,38)/b17-14+. The summed E-state index contributed by atoms with van der Waals surface area (Å²) in [6.07, 6.45) is 13.6. The quantitative estimate of drug-likeness (QED) is 0.383. The zero-order valence-electron chi connectivity index (χ0n) is 23.2. The van der Waals surface area contributed by atoms with Gasteiger partial charge in [-0.1, -0.05) is 62.8 Å². The normalized spacial score (nSPS) is 17.1. The van der Waals surface area contributed by atoms with Crippen molar-refractivity contribution in [1.29, 1.82) is 0 Å². The van der Waals surface area contributed by atoms with E-state index in [9.17, 15) is 19.2 Å². The van der Waals surface area contributed by atoms with E-state index in [-0.39, 0.29) is 29.5 Å². The number of ketones is 1. The van der Waals surface area contributed by atoms with Crippen molar-refractivity contribution in [2.24, 2.45) is 11.8 Å². The monoisotopic (exact) mass is 546 g/mol. The predicted octanol–water partition coefficient (Wildman–Crippen LogP) is 4.87. The maximum Gasteiger partial charge on any atom is 0.332 e.